The number of hydrogen-bond donors (Lipinski definition) is 0. The molecule has 1 aromatic carbocycles. The van der Waals surface area contributed by atoms with Crippen LogP contribution in [0.1, 0.15) is 5.56 Å². The van der Waals surface area contributed by atoms with E-state index in [0.29, 0.717) is 13.2 Å². The predicted molar refractivity (Wildman–Crippen MR) is 75.4 cm³/mol. The van der Waals surface area contributed by atoms with Crippen LogP contribution in [-0.2, 0) is 11.3 Å². The van der Waals surface area contributed by atoms with Crippen molar-refractivity contribution in [2.45, 2.75) is 12.0 Å². The summed E-state index contributed by atoms with van der Waals surface area (Å²) in [5, 5.41) is 0.0204. The van der Waals surface area contributed by atoms with Crippen molar-refractivity contribution in [3.05, 3.63) is 58.6 Å². The molecule has 0 aromatic heterocycles. The lowest BCUT2D eigenvalue weighted by atomic mass is 10.0. The van der Waals surface area contributed by atoms with Crippen LogP contribution in [0.15, 0.2) is 53.0 Å². The van der Waals surface area contributed by atoms with E-state index in [1.54, 1.807) is 0 Å². The van der Waals surface area contributed by atoms with Gasteiger partial charge in [-0.2, -0.15) is 0 Å². The molecule has 2 unspecified atom stereocenters. The molecule has 0 amide bonds. The van der Waals surface area contributed by atoms with Gasteiger partial charge in [0.1, 0.15) is 0 Å². The molecule has 2 rings (SSSR count). The predicted octanol–water partition coefficient (Wildman–Crippen LogP) is 4.28. The second-order valence-electron chi connectivity index (χ2n) is 4.02. The van der Waals surface area contributed by atoms with Crippen LogP contribution in [0.2, 0.25) is 0 Å². The minimum absolute atomic E-state index is 0.0204. The third-order valence-electron chi connectivity index (χ3n) is 2.64. The van der Waals surface area contributed by atoms with E-state index in [1.165, 1.54) is 5.56 Å². The summed E-state index contributed by atoms with van der Waals surface area (Å²) in [6.07, 6.45) is 6.07. The Hall–Kier alpha value is -0.570. The quantitative estimate of drug-likeness (QED) is 0.754. The van der Waals surface area contributed by atoms with Crippen molar-refractivity contribution in [1.29, 1.82) is 0 Å². The maximum atomic E-state index is 6.20. The monoisotopic (exact) mass is 312 g/mol. The van der Waals surface area contributed by atoms with Crippen molar-refractivity contribution in [1.82, 2.24) is 0 Å². The smallest absolute Gasteiger partial charge is 0.0717 e. The topological polar surface area (TPSA) is 9.23 Å². The molecule has 0 aliphatic heterocycles. The zero-order valence-electron chi connectivity index (χ0n) is 9.35. The SMILES string of the molecule is ClC1C=CC(Br)=CC1COCc1ccccc1. The molecule has 2 atom stereocenters. The van der Waals surface area contributed by atoms with Crippen molar-refractivity contribution in [2.24, 2.45) is 5.92 Å². The number of allylic oxidation sites excluding steroid dienone is 3. The van der Waals surface area contributed by atoms with E-state index in [9.17, 15) is 0 Å². The van der Waals surface area contributed by atoms with Gasteiger partial charge in [-0.05, 0) is 5.56 Å². The van der Waals surface area contributed by atoms with Gasteiger partial charge < -0.3 is 4.74 Å². The minimum atomic E-state index is 0.0204. The normalized spacial score (nSPS) is 23.5. The fraction of sp³-hybridized carbons (Fsp3) is 0.286. The zero-order chi connectivity index (χ0) is 12.1. The summed E-state index contributed by atoms with van der Waals surface area (Å²) in [6, 6.07) is 10.2. The first-order chi connectivity index (χ1) is 8.25. The molecule has 0 fully saturated rings. The Morgan fingerprint density at radius 2 is 2.00 bits per heavy atom. The van der Waals surface area contributed by atoms with Gasteiger partial charge in [0.05, 0.1) is 18.6 Å². The average molecular weight is 314 g/mol. The largest absolute Gasteiger partial charge is 0.376 e. The molecule has 1 aliphatic rings. The van der Waals surface area contributed by atoms with Crippen LogP contribution in [-0.4, -0.2) is 12.0 Å². The van der Waals surface area contributed by atoms with Gasteiger partial charge in [0, 0.05) is 10.4 Å². The van der Waals surface area contributed by atoms with Crippen LogP contribution < -0.4 is 0 Å². The molecular formula is C14H14BrClO. The molecule has 0 saturated carbocycles. The van der Waals surface area contributed by atoms with Crippen molar-refractivity contribution in [3.63, 3.8) is 0 Å². The highest BCUT2D eigenvalue weighted by Gasteiger charge is 2.18. The van der Waals surface area contributed by atoms with Crippen LogP contribution in [0, 0.1) is 5.92 Å². The van der Waals surface area contributed by atoms with Crippen LogP contribution in [0.3, 0.4) is 0 Å². The van der Waals surface area contributed by atoms with Gasteiger partial charge in [0.15, 0.2) is 0 Å². The van der Waals surface area contributed by atoms with Crippen LogP contribution in [0.4, 0.5) is 0 Å². The van der Waals surface area contributed by atoms with Gasteiger partial charge in [0.2, 0.25) is 0 Å². The number of benzene rings is 1. The van der Waals surface area contributed by atoms with Crippen molar-refractivity contribution >= 4 is 27.5 Å². The highest BCUT2D eigenvalue weighted by atomic mass is 79.9. The van der Waals surface area contributed by atoms with Crippen LogP contribution in [0.25, 0.3) is 0 Å². The van der Waals surface area contributed by atoms with Crippen LogP contribution in [0.5, 0.6) is 0 Å². The lowest BCUT2D eigenvalue weighted by Gasteiger charge is -2.19. The second-order valence-corrected chi connectivity index (χ2v) is 5.44. The molecule has 1 aromatic rings. The summed E-state index contributed by atoms with van der Waals surface area (Å²) in [5.41, 5.74) is 1.19. The summed E-state index contributed by atoms with van der Waals surface area (Å²) in [6.45, 7) is 1.28. The summed E-state index contributed by atoms with van der Waals surface area (Å²) in [5.74, 6) is 0.236. The summed E-state index contributed by atoms with van der Waals surface area (Å²) < 4.78 is 6.77. The molecule has 0 radical (unpaired) electrons. The van der Waals surface area contributed by atoms with Crippen molar-refractivity contribution < 1.29 is 4.74 Å². The van der Waals surface area contributed by atoms with Gasteiger partial charge >= 0.3 is 0 Å². The first-order valence-corrected chi connectivity index (χ1v) is 6.80. The van der Waals surface area contributed by atoms with Gasteiger partial charge in [-0.25, -0.2) is 0 Å². The Balaban J connectivity index is 1.81. The maximum Gasteiger partial charge on any atom is 0.0717 e. The van der Waals surface area contributed by atoms with E-state index in [1.807, 2.05) is 30.4 Å². The van der Waals surface area contributed by atoms with Gasteiger partial charge in [-0.3, -0.25) is 0 Å². The first-order valence-electron chi connectivity index (χ1n) is 5.57. The minimum Gasteiger partial charge on any atom is -0.376 e. The molecule has 17 heavy (non-hydrogen) atoms. The van der Waals surface area contributed by atoms with Crippen molar-refractivity contribution in [3.8, 4) is 0 Å². The average Bonchev–Trinajstić information content (AvgIpc) is 2.35. The molecule has 0 saturated heterocycles. The molecule has 90 valence electrons. The highest BCUT2D eigenvalue weighted by Crippen LogP contribution is 2.25. The third kappa shape index (κ3) is 3.98. The van der Waals surface area contributed by atoms with Crippen molar-refractivity contribution in [2.75, 3.05) is 6.61 Å². The summed E-state index contributed by atoms with van der Waals surface area (Å²) >= 11 is 9.65. The lowest BCUT2D eigenvalue weighted by Crippen LogP contribution is -2.19. The molecule has 1 nitrogen and oxygen atoms in total. The number of hydrogen-bond acceptors (Lipinski definition) is 1. The van der Waals surface area contributed by atoms with Gasteiger partial charge in [-0.1, -0.05) is 64.5 Å². The molecule has 3 heteroatoms. The Labute approximate surface area is 115 Å². The maximum absolute atomic E-state index is 6.20. The number of ether oxygens (including phenoxy) is 1. The first kappa shape index (κ1) is 12.9. The third-order valence-corrected chi connectivity index (χ3v) is 3.64. The second kappa shape index (κ2) is 6.39. The number of halogens is 2. The fourth-order valence-electron chi connectivity index (χ4n) is 1.71. The lowest BCUT2D eigenvalue weighted by molar-refractivity contribution is 0.101. The number of alkyl halides is 1. The summed E-state index contributed by atoms with van der Waals surface area (Å²) in [4.78, 5) is 0. The molecule has 0 spiro atoms. The van der Waals surface area contributed by atoms with Gasteiger partial charge in [-0.15, -0.1) is 11.6 Å². The molecule has 0 N–H and O–H groups in total. The highest BCUT2D eigenvalue weighted by molar-refractivity contribution is 9.11. The van der Waals surface area contributed by atoms with E-state index < -0.39 is 0 Å². The van der Waals surface area contributed by atoms with E-state index >= 15 is 0 Å². The van der Waals surface area contributed by atoms with E-state index in [-0.39, 0.29) is 11.3 Å². The Kier molecular flexibility index (Phi) is 4.84. The summed E-state index contributed by atoms with van der Waals surface area (Å²) in [7, 11) is 0. The van der Waals surface area contributed by atoms with E-state index in [0.717, 1.165) is 4.48 Å². The Morgan fingerprint density at radius 3 is 2.76 bits per heavy atom. The van der Waals surface area contributed by atoms with E-state index in [2.05, 4.69) is 34.1 Å². The molecular weight excluding hydrogens is 300 g/mol. The van der Waals surface area contributed by atoms with E-state index in [4.69, 9.17) is 16.3 Å². The van der Waals surface area contributed by atoms with Gasteiger partial charge in [0.25, 0.3) is 0 Å². The molecule has 0 bridgehead atoms. The Bertz CT molecular complexity index is 413. The molecule has 1 aliphatic carbocycles. The fourth-order valence-corrected chi connectivity index (χ4v) is 2.42. The zero-order valence-corrected chi connectivity index (χ0v) is 11.7. The van der Waals surface area contributed by atoms with Crippen LogP contribution >= 0.6 is 27.5 Å². The number of rotatable bonds is 4. The standard InChI is InChI=1S/C14H14BrClO/c15-13-6-7-14(16)12(8-13)10-17-9-11-4-2-1-3-5-11/h1-8,12,14H,9-10H2. The molecule has 0 heterocycles. The Morgan fingerprint density at radius 1 is 1.24 bits per heavy atom.